The first kappa shape index (κ1) is 19.6. The lowest BCUT2D eigenvalue weighted by Gasteiger charge is -2.55. The Morgan fingerprint density at radius 2 is 2.08 bits per heavy atom. The molecule has 25 heavy (non-hydrogen) atoms. The molecule has 0 unspecified atom stereocenters. The summed E-state index contributed by atoms with van der Waals surface area (Å²) in [6.45, 7) is 6.22. The number of amides is 1. The minimum Gasteiger partial charge on any atom is -0.508 e. The Kier molecular flexibility index (Phi) is 6.37. The van der Waals surface area contributed by atoms with Gasteiger partial charge in [-0.1, -0.05) is 13.8 Å². The molecule has 0 bridgehead atoms. The molecule has 1 amide bonds. The molecule has 2 atom stereocenters. The number of aromatic hydroxyl groups is 1. The van der Waals surface area contributed by atoms with Gasteiger partial charge in [0.15, 0.2) is 5.60 Å². The molecule has 1 aliphatic heterocycles. The van der Waals surface area contributed by atoms with E-state index in [2.05, 4.69) is 18.8 Å². The van der Waals surface area contributed by atoms with Crippen LogP contribution in [-0.4, -0.2) is 60.3 Å². The quantitative estimate of drug-likeness (QED) is 0.540. The predicted molar refractivity (Wildman–Crippen MR) is 92.0 cm³/mol. The van der Waals surface area contributed by atoms with E-state index >= 15 is 0 Å². The van der Waals surface area contributed by atoms with Crippen molar-refractivity contribution in [1.82, 2.24) is 9.88 Å². The Balaban J connectivity index is 2.33. The van der Waals surface area contributed by atoms with Gasteiger partial charge >= 0.3 is 0 Å². The number of pyridine rings is 1. The first-order chi connectivity index (χ1) is 11.9. The third-order valence-electron chi connectivity index (χ3n) is 4.51. The highest BCUT2D eigenvalue weighted by Crippen LogP contribution is 2.41. The van der Waals surface area contributed by atoms with Gasteiger partial charge in [-0.2, -0.15) is 0 Å². The zero-order valence-electron chi connectivity index (χ0n) is 15.6. The lowest BCUT2D eigenvalue weighted by molar-refractivity contribution is -0.235. The van der Waals surface area contributed by atoms with Crippen LogP contribution in [0.15, 0.2) is 12.3 Å². The summed E-state index contributed by atoms with van der Waals surface area (Å²) in [7, 11) is 3.09. The van der Waals surface area contributed by atoms with Crippen molar-refractivity contribution in [3.05, 3.63) is 23.5 Å². The normalized spacial score (nSPS) is 23.2. The van der Waals surface area contributed by atoms with Gasteiger partial charge in [-0.3, -0.25) is 9.78 Å². The van der Waals surface area contributed by atoms with Crippen molar-refractivity contribution in [1.29, 1.82) is 0 Å². The van der Waals surface area contributed by atoms with Crippen LogP contribution in [0.1, 0.15) is 31.5 Å². The summed E-state index contributed by atoms with van der Waals surface area (Å²) >= 11 is 0. The summed E-state index contributed by atoms with van der Waals surface area (Å²) < 4.78 is 16.1. The van der Waals surface area contributed by atoms with Crippen LogP contribution in [0.25, 0.3) is 0 Å². The molecule has 0 saturated carbocycles. The minimum atomic E-state index is -1.05. The highest BCUT2D eigenvalue weighted by atomic mass is 16.7. The second-order valence-electron chi connectivity index (χ2n) is 6.92. The van der Waals surface area contributed by atoms with Crippen LogP contribution in [-0.2, 0) is 25.4 Å². The van der Waals surface area contributed by atoms with Crippen LogP contribution >= 0.6 is 0 Å². The van der Waals surface area contributed by atoms with E-state index in [0.717, 1.165) is 6.42 Å². The van der Waals surface area contributed by atoms with E-state index in [9.17, 15) is 9.90 Å². The molecule has 140 valence electrons. The number of carbonyl (C=O) groups excluding carboxylic acids is 1. The van der Waals surface area contributed by atoms with E-state index in [1.165, 1.54) is 7.11 Å². The van der Waals surface area contributed by atoms with Crippen molar-refractivity contribution in [2.75, 3.05) is 27.7 Å². The van der Waals surface area contributed by atoms with E-state index in [0.29, 0.717) is 17.2 Å². The summed E-state index contributed by atoms with van der Waals surface area (Å²) in [5.74, 6) is 0.397. The molecular weight excluding hydrogens is 324 g/mol. The highest BCUT2D eigenvalue weighted by molar-refractivity contribution is 5.93. The van der Waals surface area contributed by atoms with Crippen molar-refractivity contribution < 1.29 is 24.1 Å². The second-order valence-corrected chi connectivity index (χ2v) is 6.92. The second kappa shape index (κ2) is 8.12. The maximum absolute atomic E-state index is 12.9. The number of hydrogen-bond donors (Lipinski definition) is 1. The number of carbonyl (C=O) groups is 1. The van der Waals surface area contributed by atoms with E-state index in [4.69, 9.17) is 14.2 Å². The standard InChI is InChI=1S/C18H28N2O5/c1-12(2)6-16-18(25-11-24-5,17(22)20(16)10-23-4)8-14-7-15(21)13(3)9-19-14/h7,9,12,16H,6,8,10-11H2,1-5H3,(H,19,21)/t16-,18+/m0/s1. The summed E-state index contributed by atoms with van der Waals surface area (Å²) in [4.78, 5) is 18.9. The average molecular weight is 352 g/mol. The minimum absolute atomic E-state index is 0.0129. The van der Waals surface area contributed by atoms with Gasteiger partial charge in [0.2, 0.25) is 0 Å². The number of aryl methyl sites for hydroxylation is 1. The zero-order chi connectivity index (χ0) is 18.6. The van der Waals surface area contributed by atoms with Gasteiger partial charge in [0.05, 0.1) is 6.04 Å². The van der Waals surface area contributed by atoms with Crippen LogP contribution < -0.4 is 0 Å². The van der Waals surface area contributed by atoms with Crippen LogP contribution in [0, 0.1) is 12.8 Å². The largest absolute Gasteiger partial charge is 0.508 e. The van der Waals surface area contributed by atoms with Gasteiger partial charge < -0.3 is 24.2 Å². The molecule has 1 fully saturated rings. The lowest BCUT2D eigenvalue weighted by atomic mass is 9.75. The fraction of sp³-hybridized carbons (Fsp3) is 0.667. The highest BCUT2D eigenvalue weighted by Gasteiger charge is 2.61. The van der Waals surface area contributed by atoms with Crippen molar-refractivity contribution in [3.63, 3.8) is 0 Å². The SMILES string of the molecule is COCO[C@@]1(Cc2cc(O)c(C)cn2)C(=O)N(COC)[C@H]1CC(C)C. The van der Waals surface area contributed by atoms with E-state index in [1.54, 1.807) is 31.2 Å². The van der Waals surface area contributed by atoms with Gasteiger partial charge in [-0.15, -0.1) is 0 Å². The molecule has 2 rings (SSSR count). The lowest BCUT2D eigenvalue weighted by Crippen LogP contribution is -2.76. The number of nitrogens with zero attached hydrogens (tertiary/aromatic N) is 2. The molecule has 7 heteroatoms. The van der Waals surface area contributed by atoms with Crippen LogP contribution in [0.3, 0.4) is 0 Å². The van der Waals surface area contributed by atoms with Crippen molar-refractivity contribution in [2.45, 2.75) is 45.3 Å². The van der Waals surface area contributed by atoms with Crippen molar-refractivity contribution in [3.8, 4) is 5.75 Å². The van der Waals surface area contributed by atoms with Crippen molar-refractivity contribution >= 4 is 5.91 Å². The number of rotatable bonds is 9. The number of β-lactam (4-membered cyclic amide) rings is 1. The zero-order valence-corrected chi connectivity index (χ0v) is 15.6. The van der Waals surface area contributed by atoms with Crippen molar-refractivity contribution in [2.24, 2.45) is 5.92 Å². The Morgan fingerprint density at radius 3 is 2.64 bits per heavy atom. The smallest absolute Gasteiger partial charge is 0.259 e. The Labute approximate surface area is 148 Å². The number of methoxy groups -OCH3 is 2. The molecule has 0 aromatic carbocycles. The van der Waals surface area contributed by atoms with Crippen LogP contribution in [0.4, 0.5) is 0 Å². The average Bonchev–Trinajstić information content (AvgIpc) is 2.57. The van der Waals surface area contributed by atoms with Crippen LogP contribution in [0.5, 0.6) is 5.75 Å². The van der Waals surface area contributed by atoms with Gasteiger partial charge in [0, 0.05) is 44.2 Å². The predicted octanol–water partition coefficient (Wildman–Crippen LogP) is 1.86. The molecular formula is C18H28N2O5. The molecule has 1 aromatic heterocycles. The fourth-order valence-corrected chi connectivity index (χ4v) is 3.25. The summed E-state index contributed by atoms with van der Waals surface area (Å²) in [6, 6.07) is 1.45. The summed E-state index contributed by atoms with van der Waals surface area (Å²) in [6.07, 6.45) is 2.65. The van der Waals surface area contributed by atoms with E-state index in [1.807, 2.05) is 0 Å². The third kappa shape index (κ3) is 3.94. The molecule has 1 N–H and O–H groups in total. The molecule has 1 saturated heterocycles. The molecule has 7 nitrogen and oxygen atoms in total. The maximum Gasteiger partial charge on any atom is 0.259 e. The first-order valence-electron chi connectivity index (χ1n) is 8.43. The van der Waals surface area contributed by atoms with Gasteiger partial charge in [0.25, 0.3) is 5.91 Å². The van der Waals surface area contributed by atoms with Crippen LogP contribution in [0.2, 0.25) is 0 Å². The number of hydrogen-bond acceptors (Lipinski definition) is 6. The number of aromatic nitrogens is 1. The van der Waals surface area contributed by atoms with Gasteiger partial charge in [0.1, 0.15) is 19.3 Å². The molecule has 0 aliphatic carbocycles. The molecule has 1 aromatic rings. The number of likely N-dealkylation sites (tertiary alicyclic amines) is 1. The monoisotopic (exact) mass is 352 g/mol. The first-order valence-corrected chi connectivity index (χ1v) is 8.43. The Bertz CT molecular complexity index is 607. The Morgan fingerprint density at radius 1 is 1.36 bits per heavy atom. The maximum atomic E-state index is 12.9. The summed E-state index contributed by atoms with van der Waals surface area (Å²) in [5.41, 5.74) is 0.252. The van der Waals surface area contributed by atoms with Gasteiger partial charge in [-0.25, -0.2) is 0 Å². The van der Waals surface area contributed by atoms with Gasteiger partial charge in [-0.05, 0) is 19.3 Å². The fourth-order valence-electron chi connectivity index (χ4n) is 3.25. The van der Waals surface area contributed by atoms with E-state index in [-0.39, 0.29) is 37.6 Å². The summed E-state index contributed by atoms with van der Waals surface area (Å²) in [5, 5.41) is 9.96. The third-order valence-corrected chi connectivity index (χ3v) is 4.51. The number of ether oxygens (including phenoxy) is 3. The molecule has 0 radical (unpaired) electrons. The topological polar surface area (TPSA) is 81.1 Å². The molecule has 1 aliphatic rings. The molecule has 2 heterocycles. The molecule has 0 spiro atoms. The van der Waals surface area contributed by atoms with E-state index < -0.39 is 5.60 Å². The Hall–Kier alpha value is -1.70.